The molecule has 0 fully saturated rings. The molecule has 0 saturated carbocycles. The third kappa shape index (κ3) is 4.00. The first kappa shape index (κ1) is 13.4. The van der Waals surface area contributed by atoms with Gasteiger partial charge in [0.25, 0.3) is 0 Å². The van der Waals surface area contributed by atoms with Gasteiger partial charge in [0.1, 0.15) is 0 Å². The van der Waals surface area contributed by atoms with Gasteiger partial charge in [-0.05, 0) is 37.5 Å². The number of aromatic nitrogens is 1. The summed E-state index contributed by atoms with van der Waals surface area (Å²) in [4.78, 5) is 4.44. The molecule has 1 aromatic carbocycles. The topological polar surface area (TPSA) is 24.9 Å². The molecule has 0 aliphatic carbocycles. The van der Waals surface area contributed by atoms with E-state index in [0.29, 0.717) is 0 Å². The molecule has 1 aromatic heterocycles. The van der Waals surface area contributed by atoms with Crippen molar-refractivity contribution in [1.29, 1.82) is 0 Å². The van der Waals surface area contributed by atoms with E-state index in [2.05, 4.69) is 39.9 Å². The molecule has 4 heteroatoms. The number of nitrogens with one attached hydrogen (secondary N) is 1. The van der Waals surface area contributed by atoms with Crippen LogP contribution in [0, 0.1) is 6.92 Å². The van der Waals surface area contributed by atoms with E-state index in [1.165, 1.54) is 5.56 Å². The fourth-order valence-corrected chi connectivity index (χ4v) is 2.54. The smallest absolute Gasteiger partial charge is 0.0898 e. The van der Waals surface area contributed by atoms with Crippen LogP contribution in [0.25, 0.3) is 0 Å². The third-order valence-corrected chi connectivity index (χ3v) is 3.76. The first-order chi connectivity index (χ1) is 8.78. The van der Waals surface area contributed by atoms with Gasteiger partial charge >= 0.3 is 0 Å². The Kier molecular flexibility index (Phi) is 5.02. The summed E-state index contributed by atoms with van der Waals surface area (Å²) in [6, 6.07) is 8.50. The van der Waals surface area contributed by atoms with E-state index >= 15 is 0 Å². The lowest BCUT2D eigenvalue weighted by atomic mass is 10.1. The lowest BCUT2D eigenvalue weighted by Crippen LogP contribution is -2.00. The Labute approximate surface area is 117 Å². The zero-order valence-electron chi connectivity index (χ0n) is 10.4. The molecule has 0 spiro atoms. The van der Waals surface area contributed by atoms with Crippen molar-refractivity contribution in [3.63, 3.8) is 0 Å². The molecule has 0 amide bonds. The van der Waals surface area contributed by atoms with Crippen LogP contribution >= 0.6 is 22.9 Å². The number of hydrogen-bond donors (Lipinski definition) is 1. The van der Waals surface area contributed by atoms with Gasteiger partial charge in [-0.25, -0.2) is 4.98 Å². The van der Waals surface area contributed by atoms with E-state index in [4.69, 9.17) is 11.6 Å². The molecule has 18 heavy (non-hydrogen) atoms. The number of hydrogen-bond acceptors (Lipinski definition) is 3. The molecule has 0 bridgehead atoms. The maximum atomic E-state index is 5.71. The standard InChI is InChI=1S/C14H17ClN2S/c1-11-17-14(10-18-11)9-16-13-6-2-4-12(8-13)5-3-7-15/h2,4,6,8,10,16H,3,5,7,9H2,1H3. The van der Waals surface area contributed by atoms with Crippen LogP contribution in [0.1, 0.15) is 22.7 Å². The van der Waals surface area contributed by atoms with Gasteiger partial charge < -0.3 is 5.32 Å². The molecule has 2 rings (SSSR count). The van der Waals surface area contributed by atoms with Gasteiger partial charge in [0, 0.05) is 16.9 Å². The van der Waals surface area contributed by atoms with Crippen LogP contribution in [0.4, 0.5) is 5.69 Å². The van der Waals surface area contributed by atoms with Crippen molar-refractivity contribution >= 4 is 28.6 Å². The Morgan fingerprint density at radius 1 is 1.39 bits per heavy atom. The van der Waals surface area contributed by atoms with Crippen LogP contribution in [0.3, 0.4) is 0 Å². The van der Waals surface area contributed by atoms with Gasteiger partial charge in [0.05, 0.1) is 17.2 Å². The fourth-order valence-electron chi connectivity index (χ4n) is 1.79. The van der Waals surface area contributed by atoms with Crippen LogP contribution < -0.4 is 5.32 Å². The van der Waals surface area contributed by atoms with Crippen molar-refractivity contribution in [3.05, 3.63) is 45.9 Å². The predicted octanol–water partition coefficient (Wildman–Crippen LogP) is 4.24. The van der Waals surface area contributed by atoms with Crippen molar-refractivity contribution in [3.8, 4) is 0 Å². The predicted molar refractivity (Wildman–Crippen MR) is 79.7 cm³/mol. The van der Waals surface area contributed by atoms with Crippen LogP contribution in [-0.2, 0) is 13.0 Å². The van der Waals surface area contributed by atoms with E-state index in [9.17, 15) is 0 Å². The van der Waals surface area contributed by atoms with Crippen molar-refractivity contribution in [2.75, 3.05) is 11.2 Å². The highest BCUT2D eigenvalue weighted by atomic mass is 35.5. The Hall–Kier alpha value is -1.06. The maximum Gasteiger partial charge on any atom is 0.0898 e. The largest absolute Gasteiger partial charge is 0.379 e. The number of anilines is 1. The highest BCUT2D eigenvalue weighted by Gasteiger charge is 1.99. The molecule has 0 aliphatic rings. The Bertz CT molecular complexity index is 496. The number of aryl methyl sites for hydroxylation is 2. The van der Waals surface area contributed by atoms with Gasteiger partial charge in [0.15, 0.2) is 0 Å². The van der Waals surface area contributed by atoms with E-state index in [-0.39, 0.29) is 0 Å². The number of benzene rings is 1. The number of nitrogens with zero attached hydrogens (tertiary/aromatic N) is 1. The minimum absolute atomic E-state index is 0.718. The van der Waals surface area contributed by atoms with Gasteiger partial charge in [0.2, 0.25) is 0 Å². The summed E-state index contributed by atoms with van der Waals surface area (Å²) in [7, 11) is 0. The van der Waals surface area contributed by atoms with Gasteiger partial charge in [-0.3, -0.25) is 0 Å². The molecular weight excluding hydrogens is 264 g/mol. The molecule has 2 nitrogen and oxygen atoms in total. The Balaban J connectivity index is 1.92. The molecule has 1 N–H and O–H groups in total. The van der Waals surface area contributed by atoms with Crippen molar-refractivity contribution in [1.82, 2.24) is 4.98 Å². The number of thiazole rings is 1. The highest BCUT2D eigenvalue weighted by Crippen LogP contribution is 2.15. The first-order valence-electron chi connectivity index (χ1n) is 6.08. The molecule has 0 radical (unpaired) electrons. The van der Waals surface area contributed by atoms with E-state index in [0.717, 1.165) is 41.7 Å². The average molecular weight is 281 g/mol. The summed E-state index contributed by atoms with van der Waals surface area (Å²) < 4.78 is 0. The molecule has 1 heterocycles. The number of rotatable bonds is 6. The second-order valence-corrected chi connectivity index (χ2v) is 5.64. The molecule has 0 atom stereocenters. The van der Waals surface area contributed by atoms with Crippen molar-refractivity contribution < 1.29 is 0 Å². The Morgan fingerprint density at radius 3 is 3.00 bits per heavy atom. The highest BCUT2D eigenvalue weighted by molar-refractivity contribution is 7.09. The zero-order valence-corrected chi connectivity index (χ0v) is 12.0. The monoisotopic (exact) mass is 280 g/mol. The van der Waals surface area contributed by atoms with Gasteiger partial charge in [-0.1, -0.05) is 12.1 Å². The second-order valence-electron chi connectivity index (χ2n) is 4.20. The van der Waals surface area contributed by atoms with Crippen LogP contribution in [-0.4, -0.2) is 10.9 Å². The maximum absolute atomic E-state index is 5.71. The van der Waals surface area contributed by atoms with Crippen LogP contribution in [0.5, 0.6) is 0 Å². The van der Waals surface area contributed by atoms with Gasteiger partial charge in [-0.15, -0.1) is 22.9 Å². The van der Waals surface area contributed by atoms with Crippen molar-refractivity contribution in [2.24, 2.45) is 0 Å². The number of alkyl halides is 1. The van der Waals surface area contributed by atoms with Crippen LogP contribution in [0.2, 0.25) is 0 Å². The Morgan fingerprint density at radius 2 is 2.28 bits per heavy atom. The molecular formula is C14H17ClN2S. The summed E-state index contributed by atoms with van der Waals surface area (Å²) in [6.45, 7) is 2.81. The quantitative estimate of drug-likeness (QED) is 0.801. The summed E-state index contributed by atoms with van der Waals surface area (Å²) in [5.74, 6) is 0.718. The minimum Gasteiger partial charge on any atom is -0.379 e. The average Bonchev–Trinajstić information content (AvgIpc) is 2.80. The SMILES string of the molecule is Cc1nc(CNc2cccc(CCCCl)c2)cs1. The van der Waals surface area contributed by atoms with E-state index in [1.807, 2.05) is 6.92 Å². The van der Waals surface area contributed by atoms with Crippen LogP contribution in [0.15, 0.2) is 29.6 Å². The lowest BCUT2D eigenvalue weighted by molar-refractivity contribution is 0.928. The summed E-state index contributed by atoms with van der Waals surface area (Å²) in [5.41, 5.74) is 3.58. The molecule has 0 saturated heterocycles. The zero-order chi connectivity index (χ0) is 12.8. The summed E-state index contributed by atoms with van der Waals surface area (Å²) >= 11 is 7.40. The lowest BCUT2D eigenvalue weighted by Gasteiger charge is -2.06. The molecule has 0 aliphatic heterocycles. The molecule has 2 aromatic rings. The number of halogens is 1. The second kappa shape index (κ2) is 6.76. The summed E-state index contributed by atoms with van der Waals surface area (Å²) in [6.07, 6.45) is 2.06. The van der Waals surface area contributed by atoms with Gasteiger partial charge in [-0.2, -0.15) is 0 Å². The van der Waals surface area contributed by atoms with E-state index in [1.54, 1.807) is 11.3 Å². The molecule has 96 valence electrons. The normalized spacial score (nSPS) is 10.6. The third-order valence-electron chi connectivity index (χ3n) is 2.67. The van der Waals surface area contributed by atoms with Crippen molar-refractivity contribution in [2.45, 2.75) is 26.3 Å². The minimum atomic E-state index is 0.718. The fraction of sp³-hybridized carbons (Fsp3) is 0.357. The molecule has 0 unspecified atom stereocenters. The van der Waals surface area contributed by atoms with E-state index < -0.39 is 0 Å². The first-order valence-corrected chi connectivity index (χ1v) is 7.49. The summed E-state index contributed by atoms with van der Waals surface area (Å²) in [5, 5.41) is 6.61.